The van der Waals surface area contributed by atoms with Crippen molar-refractivity contribution in [3.8, 4) is 0 Å². The van der Waals surface area contributed by atoms with Crippen LogP contribution in [0.25, 0.3) is 0 Å². The summed E-state index contributed by atoms with van der Waals surface area (Å²) in [6.45, 7) is 7.59. The average molecular weight is 369 g/mol. The van der Waals surface area contributed by atoms with E-state index in [1.54, 1.807) is 31.2 Å². The van der Waals surface area contributed by atoms with Crippen LogP contribution in [0.3, 0.4) is 0 Å². The molecule has 0 radical (unpaired) electrons. The van der Waals surface area contributed by atoms with Gasteiger partial charge < -0.3 is 15.4 Å². The van der Waals surface area contributed by atoms with Gasteiger partial charge in [-0.1, -0.05) is 25.4 Å². The molecule has 2 amide bonds. The standard InChI is InChI=1S/C18H25ClN2O4/c1-5-20-16(22)12(4)25-18(24)15(10-11(2)3)21-17(23)13-6-8-14(19)9-7-13/h6-9,11-12,15H,5,10H2,1-4H3,(H,20,22)(H,21,23)/t12-,15+/m0/s1. The Labute approximate surface area is 153 Å². The van der Waals surface area contributed by atoms with Crippen LogP contribution in [0.15, 0.2) is 24.3 Å². The number of hydrogen-bond acceptors (Lipinski definition) is 4. The van der Waals surface area contributed by atoms with Crippen molar-refractivity contribution in [2.75, 3.05) is 6.54 Å². The second kappa shape index (κ2) is 10.0. The van der Waals surface area contributed by atoms with E-state index >= 15 is 0 Å². The molecule has 0 aromatic heterocycles. The van der Waals surface area contributed by atoms with Crippen molar-refractivity contribution >= 4 is 29.4 Å². The molecule has 7 heteroatoms. The lowest BCUT2D eigenvalue weighted by atomic mass is 10.0. The van der Waals surface area contributed by atoms with Crippen molar-refractivity contribution in [1.29, 1.82) is 0 Å². The minimum absolute atomic E-state index is 0.155. The molecule has 1 aromatic rings. The fourth-order valence-corrected chi connectivity index (χ4v) is 2.28. The molecule has 0 aliphatic rings. The molecule has 1 rings (SSSR count). The maximum Gasteiger partial charge on any atom is 0.329 e. The predicted molar refractivity (Wildman–Crippen MR) is 96.4 cm³/mol. The molecule has 138 valence electrons. The SMILES string of the molecule is CCNC(=O)[C@H](C)OC(=O)[C@@H](CC(C)C)NC(=O)c1ccc(Cl)cc1. The zero-order chi connectivity index (χ0) is 19.0. The van der Waals surface area contributed by atoms with E-state index in [2.05, 4.69) is 10.6 Å². The third-order valence-electron chi connectivity index (χ3n) is 3.42. The van der Waals surface area contributed by atoms with Crippen LogP contribution in [-0.2, 0) is 14.3 Å². The number of nitrogens with one attached hydrogen (secondary N) is 2. The van der Waals surface area contributed by atoms with E-state index in [1.165, 1.54) is 6.92 Å². The van der Waals surface area contributed by atoms with E-state index in [4.69, 9.17) is 16.3 Å². The highest BCUT2D eigenvalue weighted by molar-refractivity contribution is 6.30. The van der Waals surface area contributed by atoms with Gasteiger partial charge in [0.05, 0.1) is 0 Å². The number of likely N-dealkylation sites (N-methyl/N-ethyl adjacent to an activating group) is 1. The van der Waals surface area contributed by atoms with Crippen LogP contribution in [-0.4, -0.2) is 36.5 Å². The van der Waals surface area contributed by atoms with Gasteiger partial charge in [0.2, 0.25) is 0 Å². The van der Waals surface area contributed by atoms with Crippen molar-refractivity contribution < 1.29 is 19.1 Å². The number of carbonyl (C=O) groups excluding carboxylic acids is 3. The molecule has 0 heterocycles. The second-order valence-electron chi connectivity index (χ2n) is 6.14. The van der Waals surface area contributed by atoms with Crippen molar-refractivity contribution in [3.63, 3.8) is 0 Å². The second-order valence-corrected chi connectivity index (χ2v) is 6.57. The fourth-order valence-electron chi connectivity index (χ4n) is 2.16. The Morgan fingerprint density at radius 3 is 2.24 bits per heavy atom. The Morgan fingerprint density at radius 2 is 1.72 bits per heavy atom. The number of hydrogen-bond donors (Lipinski definition) is 2. The summed E-state index contributed by atoms with van der Waals surface area (Å²) >= 11 is 5.81. The van der Waals surface area contributed by atoms with Gasteiger partial charge in [0.25, 0.3) is 11.8 Å². The summed E-state index contributed by atoms with van der Waals surface area (Å²) in [5.74, 6) is -1.24. The van der Waals surface area contributed by atoms with Gasteiger partial charge in [-0.2, -0.15) is 0 Å². The summed E-state index contributed by atoms with van der Waals surface area (Å²) in [5, 5.41) is 5.78. The van der Waals surface area contributed by atoms with Crippen LogP contribution < -0.4 is 10.6 Å². The Kier molecular flexibility index (Phi) is 8.41. The lowest BCUT2D eigenvalue weighted by Crippen LogP contribution is -2.45. The number of benzene rings is 1. The number of halogens is 1. The number of carbonyl (C=O) groups is 3. The molecule has 0 fully saturated rings. The minimum Gasteiger partial charge on any atom is -0.451 e. The summed E-state index contributed by atoms with van der Waals surface area (Å²) in [4.78, 5) is 36.4. The van der Waals surface area contributed by atoms with Gasteiger partial charge in [-0.3, -0.25) is 9.59 Å². The quantitative estimate of drug-likeness (QED) is 0.690. The third kappa shape index (κ3) is 7.13. The zero-order valence-corrected chi connectivity index (χ0v) is 15.7. The van der Waals surface area contributed by atoms with Gasteiger partial charge >= 0.3 is 5.97 Å². The molecule has 2 N–H and O–H groups in total. The molecule has 2 atom stereocenters. The predicted octanol–water partition coefficient (Wildman–Crippen LogP) is 2.55. The first kappa shape index (κ1) is 21.0. The number of amides is 2. The molecule has 6 nitrogen and oxygen atoms in total. The van der Waals surface area contributed by atoms with E-state index in [0.717, 1.165) is 0 Å². The van der Waals surface area contributed by atoms with Crippen molar-refractivity contribution in [1.82, 2.24) is 10.6 Å². The lowest BCUT2D eigenvalue weighted by Gasteiger charge is -2.21. The summed E-state index contributed by atoms with van der Waals surface area (Å²) in [5.41, 5.74) is 0.391. The zero-order valence-electron chi connectivity index (χ0n) is 15.0. The topological polar surface area (TPSA) is 84.5 Å². The van der Waals surface area contributed by atoms with Crippen LogP contribution in [0.1, 0.15) is 44.5 Å². The molecule has 0 aliphatic carbocycles. The van der Waals surface area contributed by atoms with Crippen LogP contribution in [0.5, 0.6) is 0 Å². The molecule has 0 saturated heterocycles. The smallest absolute Gasteiger partial charge is 0.329 e. The van der Waals surface area contributed by atoms with Gasteiger partial charge in [0.1, 0.15) is 6.04 Å². The highest BCUT2D eigenvalue weighted by Crippen LogP contribution is 2.12. The van der Waals surface area contributed by atoms with Crippen molar-refractivity contribution in [2.24, 2.45) is 5.92 Å². The molecule has 1 aromatic carbocycles. The number of esters is 1. The summed E-state index contributed by atoms with van der Waals surface area (Å²) in [7, 11) is 0. The Morgan fingerprint density at radius 1 is 1.12 bits per heavy atom. The van der Waals surface area contributed by atoms with Gasteiger partial charge in [0, 0.05) is 17.1 Å². The minimum atomic E-state index is -0.922. The molecule has 0 unspecified atom stereocenters. The van der Waals surface area contributed by atoms with Crippen LogP contribution >= 0.6 is 11.6 Å². The van der Waals surface area contributed by atoms with Gasteiger partial charge in [-0.15, -0.1) is 0 Å². The first-order valence-electron chi connectivity index (χ1n) is 8.29. The summed E-state index contributed by atoms with van der Waals surface area (Å²) in [6, 6.07) is 5.52. The molecular weight excluding hydrogens is 344 g/mol. The molecule has 0 bridgehead atoms. The lowest BCUT2D eigenvalue weighted by molar-refractivity contribution is -0.156. The summed E-state index contributed by atoms with van der Waals surface area (Å²) in [6.07, 6.45) is -0.519. The first-order valence-corrected chi connectivity index (χ1v) is 8.67. The Balaban J connectivity index is 2.78. The normalized spacial score (nSPS) is 13.0. The third-order valence-corrected chi connectivity index (χ3v) is 3.67. The largest absolute Gasteiger partial charge is 0.451 e. The maximum absolute atomic E-state index is 12.4. The number of rotatable bonds is 8. The fraction of sp³-hybridized carbons (Fsp3) is 0.500. The molecular formula is C18H25ClN2O4. The highest BCUT2D eigenvalue weighted by Gasteiger charge is 2.27. The molecule has 0 spiro atoms. The van der Waals surface area contributed by atoms with Gasteiger partial charge in [-0.05, 0) is 50.5 Å². The highest BCUT2D eigenvalue weighted by atomic mass is 35.5. The van der Waals surface area contributed by atoms with E-state index in [0.29, 0.717) is 23.6 Å². The summed E-state index contributed by atoms with van der Waals surface area (Å²) < 4.78 is 5.20. The van der Waals surface area contributed by atoms with E-state index in [-0.39, 0.29) is 11.8 Å². The van der Waals surface area contributed by atoms with E-state index < -0.39 is 24.0 Å². The van der Waals surface area contributed by atoms with E-state index in [1.807, 2.05) is 13.8 Å². The average Bonchev–Trinajstić information content (AvgIpc) is 2.54. The molecule has 0 saturated carbocycles. The van der Waals surface area contributed by atoms with Crippen LogP contribution in [0, 0.1) is 5.92 Å². The van der Waals surface area contributed by atoms with Crippen molar-refractivity contribution in [2.45, 2.75) is 46.3 Å². The monoisotopic (exact) mass is 368 g/mol. The Hall–Kier alpha value is -2.08. The van der Waals surface area contributed by atoms with Crippen molar-refractivity contribution in [3.05, 3.63) is 34.9 Å². The molecule has 25 heavy (non-hydrogen) atoms. The van der Waals surface area contributed by atoms with E-state index in [9.17, 15) is 14.4 Å². The Bertz CT molecular complexity index is 602. The van der Waals surface area contributed by atoms with Crippen LogP contribution in [0.4, 0.5) is 0 Å². The maximum atomic E-state index is 12.4. The molecule has 0 aliphatic heterocycles. The first-order chi connectivity index (χ1) is 11.7. The van der Waals surface area contributed by atoms with Crippen LogP contribution in [0.2, 0.25) is 5.02 Å². The number of ether oxygens (including phenoxy) is 1. The van der Waals surface area contributed by atoms with Gasteiger partial charge in [0.15, 0.2) is 6.10 Å². The van der Waals surface area contributed by atoms with Gasteiger partial charge in [-0.25, -0.2) is 4.79 Å².